The fourth-order valence-electron chi connectivity index (χ4n) is 3.65. The van der Waals surface area contributed by atoms with Gasteiger partial charge in [-0.25, -0.2) is 9.69 Å². The SMILES string of the molecule is Cc1ccc(C)c(N2C(=O)NC(=O)/C(=C\c3ccc(Cc4ccccc4Br)c(Cl)c3)C2=O)c1. The summed E-state index contributed by atoms with van der Waals surface area (Å²) < 4.78 is 0.993. The lowest BCUT2D eigenvalue weighted by atomic mass is 10.0. The maximum atomic E-state index is 13.2. The number of amides is 4. The third-order valence-corrected chi connectivity index (χ3v) is 6.56. The number of halogens is 2. The lowest BCUT2D eigenvalue weighted by Gasteiger charge is -2.27. The molecule has 0 spiro atoms. The van der Waals surface area contributed by atoms with Crippen molar-refractivity contribution >= 4 is 57.1 Å². The highest BCUT2D eigenvalue weighted by Crippen LogP contribution is 2.28. The van der Waals surface area contributed by atoms with Gasteiger partial charge < -0.3 is 0 Å². The number of hydrogen-bond donors (Lipinski definition) is 1. The van der Waals surface area contributed by atoms with Gasteiger partial charge in [-0.3, -0.25) is 14.9 Å². The maximum absolute atomic E-state index is 13.2. The normalized spacial score (nSPS) is 15.2. The fraction of sp³-hybridized carbons (Fsp3) is 0.115. The topological polar surface area (TPSA) is 66.5 Å². The fourth-order valence-corrected chi connectivity index (χ4v) is 4.33. The molecule has 0 saturated carbocycles. The van der Waals surface area contributed by atoms with Crippen molar-refractivity contribution in [1.29, 1.82) is 0 Å². The molecule has 0 atom stereocenters. The van der Waals surface area contributed by atoms with Gasteiger partial charge in [0.25, 0.3) is 11.8 Å². The lowest BCUT2D eigenvalue weighted by Crippen LogP contribution is -2.54. The Hall–Kier alpha value is -3.22. The molecule has 1 aliphatic rings. The standard InChI is InChI=1S/C26H20BrClN2O3/c1-15-7-8-16(2)23(11-15)30-25(32)20(24(31)29-26(30)33)12-17-9-10-19(22(28)13-17)14-18-5-3-4-6-21(18)27/h3-13H,14H2,1-2H3,(H,29,31,33)/b20-12+. The molecular formula is C26H20BrClN2O3. The van der Waals surface area contributed by atoms with Gasteiger partial charge in [-0.2, -0.15) is 0 Å². The maximum Gasteiger partial charge on any atom is 0.335 e. The van der Waals surface area contributed by atoms with Gasteiger partial charge in [0.1, 0.15) is 5.57 Å². The second kappa shape index (κ2) is 9.33. The van der Waals surface area contributed by atoms with Gasteiger partial charge in [-0.05, 0) is 65.9 Å². The molecule has 166 valence electrons. The summed E-state index contributed by atoms with van der Waals surface area (Å²) in [6.45, 7) is 3.67. The van der Waals surface area contributed by atoms with E-state index in [2.05, 4.69) is 21.2 Å². The first-order valence-electron chi connectivity index (χ1n) is 10.2. The highest BCUT2D eigenvalue weighted by atomic mass is 79.9. The number of imide groups is 2. The van der Waals surface area contributed by atoms with Crippen LogP contribution in [0.25, 0.3) is 6.08 Å². The first kappa shape index (κ1) is 23.0. The first-order valence-corrected chi connectivity index (χ1v) is 11.4. The number of rotatable bonds is 4. The summed E-state index contributed by atoms with van der Waals surface area (Å²) in [5.74, 6) is -1.41. The summed E-state index contributed by atoms with van der Waals surface area (Å²) in [4.78, 5) is 39.2. The Kier molecular flexibility index (Phi) is 6.49. The Morgan fingerprint density at radius 1 is 0.970 bits per heavy atom. The number of carbonyl (C=O) groups is 3. The van der Waals surface area contributed by atoms with Crippen molar-refractivity contribution in [3.8, 4) is 0 Å². The molecular weight excluding hydrogens is 504 g/mol. The predicted molar refractivity (Wildman–Crippen MR) is 133 cm³/mol. The minimum atomic E-state index is -0.766. The summed E-state index contributed by atoms with van der Waals surface area (Å²) in [7, 11) is 0. The van der Waals surface area contributed by atoms with E-state index in [1.165, 1.54) is 6.08 Å². The van der Waals surface area contributed by atoms with Crippen LogP contribution in [0.15, 0.2) is 70.7 Å². The van der Waals surface area contributed by atoms with Crippen LogP contribution in [0.1, 0.15) is 27.8 Å². The Balaban J connectivity index is 1.66. The van der Waals surface area contributed by atoms with E-state index in [4.69, 9.17) is 11.6 Å². The highest BCUT2D eigenvalue weighted by Gasteiger charge is 2.37. The van der Waals surface area contributed by atoms with Crippen molar-refractivity contribution in [3.05, 3.63) is 104 Å². The Morgan fingerprint density at radius 2 is 1.73 bits per heavy atom. The summed E-state index contributed by atoms with van der Waals surface area (Å²) in [5.41, 5.74) is 4.54. The summed E-state index contributed by atoms with van der Waals surface area (Å²) in [5, 5.41) is 2.78. The van der Waals surface area contributed by atoms with Crippen LogP contribution in [0.5, 0.6) is 0 Å². The smallest absolute Gasteiger partial charge is 0.273 e. The van der Waals surface area contributed by atoms with Gasteiger partial charge in [0.05, 0.1) is 5.69 Å². The van der Waals surface area contributed by atoms with Crippen LogP contribution in [0.2, 0.25) is 5.02 Å². The van der Waals surface area contributed by atoms with Crippen molar-refractivity contribution in [2.75, 3.05) is 4.90 Å². The Labute approximate surface area is 205 Å². The lowest BCUT2D eigenvalue weighted by molar-refractivity contribution is -0.122. The average Bonchev–Trinajstić information content (AvgIpc) is 2.76. The molecule has 3 aromatic carbocycles. The van der Waals surface area contributed by atoms with Gasteiger partial charge in [0.2, 0.25) is 0 Å². The minimum Gasteiger partial charge on any atom is -0.273 e. The highest BCUT2D eigenvalue weighted by molar-refractivity contribution is 9.10. The number of anilines is 1. The van der Waals surface area contributed by atoms with Crippen LogP contribution in [0.4, 0.5) is 10.5 Å². The second-order valence-corrected chi connectivity index (χ2v) is 9.13. The molecule has 4 amide bonds. The van der Waals surface area contributed by atoms with E-state index in [1.807, 2.05) is 49.4 Å². The van der Waals surface area contributed by atoms with E-state index in [0.717, 1.165) is 31.6 Å². The zero-order chi connectivity index (χ0) is 23.7. The third kappa shape index (κ3) is 4.77. The van der Waals surface area contributed by atoms with Crippen molar-refractivity contribution in [2.45, 2.75) is 20.3 Å². The van der Waals surface area contributed by atoms with E-state index >= 15 is 0 Å². The van der Waals surface area contributed by atoms with Gasteiger partial charge in [0.15, 0.2) is 0 Å². The van der Waals surface area contributed by atoms with Crippen molar-refractivity contribution in [1.82, 2.24) is 5.32 Å². The quantitative estimate of drug-likeness (QED) is 0.338. The number of nitrogens with one attached hydrogen (secondary N) is 1. The number of barbiturate groups is 1. The monoisotopic (exact) mass is 522 g/mol. The molecule has 1 aliphatic heterocycles. The predicted octanol–water partition coefficient (Wildman–Crippen LogP) is 5.98. The van der Waals surface area contributed by atoms with Gasteiger partial charge >= 0.3 is 6.03 Å². The number of benzene rings is 3. The Morgan fingerprint density at radius 3 is 2.45 bits per heavy atom. The van der Waals surface area contributed by atoms with Crippen LogP contribution in [0.3, 0.4) is 0 Å². The van der Waals surface area contributed by atoms with Gasteiger partial charge in [0, 0.05) is 15.9 Å². The number of urea groups is 1. The van der Waals surface area contributed by atoms with Crippen molar-refractivity contribution in [3.63, 3.8) is 0 Å². The average molecular weight is 524 g/mol. The molecule has 0 radical (unpaired) electrons. The molecule has 1 heterocycles. The number of hydrogen-bond acceptors (Lipinski definition) is 3. The molecule has 1 saturated heterocycles. The van der Waals surface area contributed by atoms with Crippen LogP contribution in [0, 0.1) is 13.8 Å². The summed E-state index contributed by atoms with van der Waals surface area (Å²) in [6.07, 6.45) is 2.09. The van der Waals surface area contributed by atoms with E-state index < -0.39 is 17.8 Å². The minimum absolute atomic E-state index is 0.134. The largest absolute Gasteiger partial charge is 0.335 e. The van der Waals surface area contributed by atoms with E-state index in [9.17, 15) is 14.4 Å². The number of nitrogens with zero attached hydrogens (tertiary/aromatic N) is 1. The van der Waals surface area contributed by atoms with E-state index in [1.54, 1.807) is 25.1 Å². The molecule has 3 aromatic rings. The molecule has 4 rings (SSSR count). The van der Waals surface area contributed by atoms with E-state index in [0.29, 0.717) is 22.7 Å². The Bertz CT molecular complexity index is 1330. The number of aryl methyl sites for hydroxylation is 2. The van der Waals surface area contributed by atoms with Crippen LogP contribution >= 0.6 is 27.5 Å². The molecule has 1 N–H and O–H groups in total. The van der Waals surface area contributed by atoms with Crippen molar-refractivity contribution < 1.29 is 14.4 Å². The van der Waals surface area contributed by atoms with Gasteiger partial charge in [-0.1, -0.05) is 70.0 Å². The molecule has 33 heavy (non-hydrogen) atoms. The van der Waals surface area contributed by atoms with E-state index in [-0.39, 0.29) is 5.57 Å². The molecule has 0 bridgehead atoms. The van der Waals surface area contributed by atoms with Crippen LogP contribution < -0.4 is 10.2 Å². The number of carbonyl (C=O) groups excluding carboxylic acids is 3. The molecule has 5 nitrogen and oxygen atoms in total. The zero-order valence-electron chi connectivity index (χ0n) is 18.0. The first-order chi connectivity index (χ1) is 15.7. The molecule has 0 aromatic heterocycles. The molecule has 0 aliphatic carbocycles. The second-order valence-electron chi connectivity index (χ2n) is 7.87. The summed E-state index contributed by atoms with van der Waals surface area (Å²) in [6, 6.07) is 18.0. The zero-order valence-corrected chi connectivity index (χ0v) is 20.3. The molecule has 0 unspecified atom stereocenters. The van der Waals surface area contributed by atoms with Gasteiger partial charge in [-0.15, -0.1) is 0 Å². The molecule has 7 heteroatoms. The van der Waals surface area contributed by atoms with Crippen molar-refractivity contribution in [2.24, 2.45) is 0 Å². The van der Waals surface area contributed by atoms with Crippen LogP contribution in [-0.4, -0.2) is 17.8 Å². The summed E-state index contributed by atoms with van der Waals surface area (Å²) >= 11 is 10.1. The molecule has 1 fully saturated rings. The van der Waals surface area contributed by atoms with Crippen LogP contribution in [-0.2, 0) is 16.0 Å². The third-order valence-electron chi connectivity index (χ3n) is 5.43.